The molecule has 0 bridgehead atoms. The molecule has 2 amide bonds. The van der Waals surface area contributed by atoms with E-state index in [1.165, 1.54) is 0 Å². The number of ether oxygens (including phenoxy) is 2. The third-order valence-electron chi connectivity index (χ3n) is 5.44. The fourth-order valence-corrected chi connectivity index (χ4v) is 3.46. The van der Waals surface area contributed by atoms with E-state index < -0.39 is 6.04 Å². The number of rotatable bonds is 8. The summed E-state index contributed by atoms with van der Waals surface area (Å²) in [4.78, 5) is 24.3. The Hall–Kier alpha value is -2.12. The van der Waals surface area contributed by atoms with Gasteiger partial charge in [0.1, 0.15) is 5.75 Å². The minimum Gasteiger partial charge on any atom is -0.496 e. The highest BCUT2D eigenvalue weighted by atomic mass is 16.5. The van der Waals surface area contributed by atoms with E-state index in [2.05, 4.69) is 16.7 Å². The van der Waals surface area contributed by atoms with Crippen molar-refractivity contribution < 1.29 is 19.1 Å². The lowest BCUT2D eigenvalue weighted by Crippen LogP contribution is -2.49. The first-order valence-corrected chi connectivity index (χ1v) is 9.82. The SMILES string of the molecule is COc1ccc(C)cc1C1(CNC(=O)CNC(=O)[C@@H](N)C(C)C)CCOCC1. The van der Waals surface area contributed by atoms with Gasteiger partial charge in [-0.25, -0.2) is 0 Å². The Labute approximate surface area is 167 Å². The number of carbonyl (C=O) groups excluding carboxylic acids is 2. The monoisotopic (exact) mass is 391 g/mol. The van der Waals surface area contributed by atoms with Crippen molar-refractivity contribution in [1.29, 1.82) is 0 Å². The van der Waals surface area contributed by atoms with Gasteiger partial charge in [-0.1, -0.05) is 31.5 Å². The summed E-state index contributed by atoms with van der Waals surface area (Å²) in [6.45, 7) is 7.42. The largest absolute Gasteiger partial charge is 0.496 e. The van der Waals surface area contributed by atoms with E-state index in [-0.39, 0.29) is 29.7 Å². The van der Waals surface area contributed by atoms with Crippen molar-refractivity contribution in [2.75, 3.05) is 33.4 Å². The van der Waals surface area contributed by atoms with Crippen molar-refractivity contribution in [3.63, 3.8) is 0 Å². The maximum absolute atomic E-state index is 12.3. The topological polar surface area (TPSA) is 103 Å². The molecule has 1 heterocycles. The van der Waals surface area contributed by atoms with Crippen molar-refractivity contribution in [2.24, 2.45) is 11.7 Å². The summed E-state index contributed by atoms with van der Waals surface area (Å²) in [5, 5.41) is 5.59. The summed E-state index contributed by atoms with van der Waals surface area (Å²) in [5.74, 6) is 0.286. The smallest absolute Gasteiger partial charge is 0.239 e. The molecular formula is C21H33N3O4. The first kappa shape index (κ1) is 22.2. The molecule has 0 aromatic heterocycles. The number of hydrogen-bond acceptors (Lipinski definition) is 5. The molecule has 0 spiro atoms. The molecule has 2 rings (SSSR count). The molecular weight excluding hydrogens is 358 g/mol. The number of amides is 2. The normalized spacial score (nSPS) is 17.1. The number of aryl methyl sites for hydroxylation is 1. The molecule has 7 heteroatoms. The van der Waals surface area contributed by atoms with Crippen LogP contribution < -0.4 is 21.1 Å². The van der Waals surface area contributed by atoms with E-state index in [0.29, 0.717) is 19.8 Å². The molecule has 1 aliphatic heterocycles. The second-order valence-electron chi connectivity index (χ2n) is 7.86. The second-order valence-corrected chi connectivity index (χ2v) is 7.86. The molecule has 0 aliphatic carbocycles. The van der Waals surface area contributed by atoms with E-state index in [9.17, 15) is 9.59 Å². The summed E-state index contributed by atoms with van der Waals surface area (Å²) in [6, 6.07) is 5.49. The molecule has 0 unspecified atom stereocenters. The van der Waals surface area contributed by atoms with Crippen molar-refractivity contribution >= 4 is 11.8 Å². The van der Waals surface area contributed by atoms with Gasteiger partial charge in [0.15, 0.2) is 0 Å². The Morgan fingerprint density at radius 2 is 1.93 bits per heavy atom. The summed E-state index contributed by atoms with van der Waals surface area (Å²) in [7, 11) is 1.66. The molecule has 7 nitrogen and oxygen atoms in total. The summed E-state index contributed by atoms with van der Waals surface area (Å²) < 4.78 is 11.1. The van der Waals surface area contributed by atoms with Crippen LogP contribution in [0.1, 0.15) is 37.8 Å². The maximum atomic E-state index is 12.3. The van der Waals surface area contributed by atoms with Crippen molar-refractivity contribution in [1.82, 2.24) is 10.6 Å². The Morgan fingerprint density at radius 3 is 2.54 bits per heavy atom. The van der Waals surface area contributed by atoms with Crippen molar-refractivity contribution in [2.45, 2.75) is 45.1 Å². The molecule has 1 fully saturated rings. The van der Waals surface area contributed by atoms with Crippen LogP contribution in [0.3, 0.4) is 0 Å². The minimum atomic E-state index is -0.619. The lowest BCUT2D eigenvalue weighted by atomic mass is 9.73. The van der Waals surface area contributed by atoms with E-state index in [4.69, 9.17) is 15.2 Å². The van der Waals surface area contributed by atoms with Gasteiger partial charge in [-0.05, 0) is 31.7 Å². The molecule has 28 heavy (non-hydrogen) atoms. The quantitative estimate of drug-likeness (QED) is 0.619. The molecule has 1 aromatic rings. The molecule has 1 atom stereocenters. The molecule has 1 aromatic carbocycles. The second kappa shape index (κ2) is 9.89. The summed E-state index contributed by atoms with van der Waals surface area (Å²) in [5.41, 5.74) is 7.78. The highest BCUT2D eigenvalue weighted by Gasteiger charge is 2.37. The number of carbonyl (C=O) groups is 2. The van der Waals surface area contributed by atoms with Crippen LogP contribution >= 0.6 is 0 Å². The number of methoxy groups -OCH3 is 1. The summed E-state index contributed by atoms with van der Waals surface area (Å²) in [6.07, 6.45) is 1.58. The molecule has 0 radical (unpaired) electrons. The third kappa shape index (κ3) is 5.45. The summed E-state index contributed by atoms with van der Waals surface area (Å²) >= 11 is 0. The molecule has 1 aliphatic rings. The van der Waals surface area contributed by atoms with Crippen molar-refractivity contribution in [3.05, 3.63) is 29.3 Å². The Kier molecular flexibility index (Phi) is 7.83. The lowest BCUT2D eigenvalue weighted by molar-refractivity contribution is -0.127. The van der Waals surface area contributed by atoms with Crippen LogP contribution in [-0.2, 0) is 19.7 Å². The van der Waals surface area contributed by atoms with Gasteiger partial charge in [-0.2, -0.15) is 0 Å². The fraction of sp³-hybridized carbons (Fsp3) is 0.619. The fourth-order valence-electron chi connectivity index (χ4n) is 3.46. The van der Waals surface area contributed by atoms with E-state index >= 15 is 0 Å². The van der Waals surface area contributed by atoms with Gasteiger partial charge in [-0.3, -0.25) is 9.59 Å². The lowest BCUT2D eigenvalue weighted by Gasteiger charge is -2.38. The van der Waals surface area contributed by atoms with Crippen LogP contribution in [0.2, 0.25) is 0 Å². The maximum Gasteiger partial charge on any atom is 0.239 e. The first-order valence-electron chi connectivity index (χ1n) is 9.82. The van der Waals surface area contributed by atoms with Gasteiger partial charge in [0, 0.05) is 30.7 Å². The highest BCUT2D eigenvalue weighted by Crippen LogP contribution is 2.39. The van der Waals surface area contributed by atoms with Crippen LogP contribution in [0, 0.1) is 12.8 Å². The van der Waals surface area contributed by atoms with Crippen LogP contribution in [0.25, 0.3) is 0 Å². The number of hydrogen-bond donors (Lipinski definition) is 3. The number of nitrogens with two attached hydrogens (primary N) is 1. The van der Waals surface area contributed by atoms with E-state index in [0.717, 1.165) is 29.7 Å². The van der Waals surface area contributed by atoms with Gasteiger partial charge in [0.2, 0.25) is 11.8 Å². The third-order valence-corrected chi connectivity index (χ3v) is 5.44. The zero-order chi connectivity index (χ0) is 20.7. The van der Waals surface area contributed by atoms with Crippen molar-refractivity contribution in [3.8, 4) is 5.75 Å². The average Bonchev–Trinajstić information content (AvgIpc) is 2.70. The van der Waals surface area contributed by atoms with Gasteiger partial charge >= 0.3 is 0 Å². The van der Waals surface area contributed by atoms with Gasteiger partial charge < -0.3 is 25.8 Å². The standard InChI is InChI=1S/C21H33N3O4/c1-14(2)19(22)20(26)23-12-18(25)24-13-21(7-9-28-10-8-21)16-11-15(3)5-6-17(16)27-4/h5-6,11,14,19H,7-10,12-13,22H2,1-4H3,(H,23,26)(H,24,25)/t19-/m0/s1. The molecule has 156 valence electrons. The molecule has 0 saturated carbocycles. The Bertz CT molecular complexity index is 684. The zero-order valence-corrected chi connectivity index (χ0v) is 17.3. The van der Waals surface area contributed by atoms with Crippen LogP contribution in [0.5, 0.6) is 5.75 Å². The highest BCUT2D eigenvalue weighted by molar-refractivity contribution is 5.87. The first-order chi connectivity index (χ1) is 13.3. The average molecular weight is 392 g/mol. The minimum absolute atomic E-state index is 0.0161. The van der Waals surface area contributed by atoms with E-state index in [1.54, 1.807) is 7.11 Å². The van der Waals surface area contributed by atoms with Gasteiger partial charge in [-0.15, -0.1) is 0 Å². The zero-order valence-electron chi connectivity index (χ0n) is 17.3. The Balaban J connectivity index is 2.06. The predicted octanol–water partition coefficient (Wildman–Crippen LogP) is 1.27. The Morgan fingerprint density at radius 1 is 1.25 bits per heavy atom. The van der Waals surface area contributed by atoms with Gasteiger partial charge in [0.25, 0.3) is 0 Å². The number of nitrogens with one attached hydrogen (secondary N) is 2. The predicted molar refractivity (Wildman–Crippen MR) is 108 cm³/mol. The molecule has 4 N–H and O–H groups in total. The van der Waals surface area contributed by atoms with E-state index in [1.807, 2.05) is 32.9 Å². The van der Waals surface area contributed by atoms with Crippen LogP contribution in [0.15, 0.2) is 18.2 Å². The van der Waals surface area contributed by atoms with Gasteiger partial charge in [0.05, 0.1) is 19.7 Å². The number of benzene rings is 1. The molecule has 1 saturated heterocycles. The van der Waals surface area contributed by atoms with Crippen LogP contribution in [-0.4, -0.2) is 51.3 Å². The van der Waals surface area contributed by atoms with Crippen LogP contribution in [0.4, 0.5) is 0 Å².